The zero-order valence-corrected chi connectivity index (χ0v) is 16.9. The van der Waals surface area contributed by atoms with Crippen LogP contribution in [-0.2, 0) is 7.05 Å². The fourth-order valence-electron chi connectivity index (χ4n) is 3.62. The molecular formula is C21H21FN4O4. The summed E-state index contributed by atoms with van der Waals surface area (Å²) in [5, 5.41) is 0.163. The van der Waals surface area contributed by atoms with Crippen molar-refractivity contribution in [2.75, 3.05) is 26.2 Å². The van der Waals surface area contributed by atoms with Crippen LogP contribution in [0.25, 0.3) is 11.1 Å². The Morgan fingerprint density at radius 3 is 2.33 bits per heavy atom. The monoisotopic (exact) mass is 412 g/mol. The van der Waals surface area contributed by atoms with Crippen LogP contribution in [0.5, 0.6) is 0 Å². The predicted molar refractivity (Wildman–Crippen MR) is 107 cm³/mol. The first-order valence-corrected chi connectivity index (χ1v) is 9.57. The summed E-state index contributed by atoms with van der Waals surface area (Å²) in [5.41, 5.74) is 0.748. The SMILES string of the molecule is Cc1ccc(C(=O)N2CCN(C(=O)c3c(C)oc4ncn(C)c(=O)c34)CC2)cc1F. The van der Waals surface area contributed by atoms with Gasteiger partial charge in [-0.3, -0.25) is 14.4 Å². The smallest absolute Gasteiger partial charge is 0.265 e. The molecule has 2 aromatic heterocycles. The summed E-state index contributed by atoms with van der Waals surface area (Å²) in [7, 11) is 1.56. The first-order chi connectivity index (χ1) is 14.3. The molecule has 3 aromatic rings. The average Bonchev–Trinajstić information content (AvgIpc) is 3.08. The number of carbonyl (C=O) groups excluding carboxylic acids is 2. The number of furan rings is 1. The van der Waals surface area contributed by atoms with Crippen LogP contribution in [-0.4, -0.2) is 57.3 Å². The van der Waals surface area contributed by atoms with E-state index in [1.807, 2.05) is 0 Å². The average molecular weight is 412 g/mol. The van der Waals surface area contributed by atoms with E-state index in [1.165, 1.54) is 17.0 Å². The van der Waals surface area contributed by atoms with Crippen molar-refractivity contribution in [3.05, 3.63) is 63.1 Å². The summed E-state index contributed by atoms with van der Waals surface area (Å²) in [4.78, 5) is 45.6. The molecule has 0 saturated carbocycles. The summed E-state index contributed by atoms with van der Waals surface area (Å²) in [6.07, 6.45) is 1.35. The number of amides is 2. The number of piperazine rings is 1. The highest BCUT2D eigenvalue weighted by Crippen LogP contribution is 2.23. The minimum absolute atomic E-state index is 0.133. The molecule has 30 heavy (non-hydrogen) atoms. The van der Waals surface area contributed by atoms with E-state index < -0.39 is 5.82 Å². The minimum atomic E-state index is -0.424. The highest BCUT2D eigenvalue weighted by atomic mass is 19.1. The van der Waals surface area contributed by atoms with Crippen molar-refractivity contribution in [1.82, 2.24) is 19.4 Å². The Labute approximate surface area is 171 Å². The quantitative estimate of drug-likeness (QED) is 0.641. The van der Waals surface area contributed by atoms with Gasteiger partial charge in [0.2, 0.25) is 5.71 Å². The third-order valence-electron chi connectivity index (χ3n) is 5.43. The molecule has 0 unspecified atom stereocenters. The van der Waals surface area contributed by atoms with Crippen molar-refractivity contribution in [3.8, 4) is 0 Å². The summed E-state index contributed by atoms with van der Waals surface area (Å²) in [6, 6.07) is 4.41. The number of benzene rings is 1. The standard InChI is InChI=1S/C21H21FN4O4/c1-12-4-5-14(10-15(12)22)19(27)25-6-8-26(9-7-25)21(29)16-13(2)30-18-17(16)20(28)24(3)11-23-18/h4-5,10-11H,6-9H2,1-3H3. The largest absolute Gasteiger partial charge is 0.442 e. The molecule has 1 saturated heterocycles. The van der Waals surface area contributed by atoms with Crippen LogP contribution < -0.4 is 5.56 Å². The second kappa shape index (κ2) is 7.40. The number of halogens is 1. The van der Waals surface area contributed by atoms with Gasteiger partial charge < -0.3 is 18.8 Å². The van der Waals surface area contributed by atoms with Crippen molar-refractivity contribution in [2.45, 2.75) is 13.8 Å². The maximum absolute atomic E-state index is 13.8. The first kappa shape index (κ1) is 19.8. The Kier molecular flexibility index (Phi) is 4.89. The molecule has 156 valence electrons. The molecule has 1 aliphatic rings. The molecule has 0 aliphatic carbocycles. The molecule has 2 amide bonds. The van der Waals surface area contributed by atoms with Crippen molar-refractivity contribution in [3.63, 3.8) is 0 Å². The lowest BCUT2D eigenvalue weighted by Crippen LogP contribution is -2.50. The normalized spacial score (nSPS) is 14.4. The van der Waals surface area contributed by atoms with Crippen LogP contribution >= 0.6 is 0 Å². The maximum Gasteiger partial charge on any atom is 0.265 e. The van der Waals surface area contributed by atoms with Crippen molar-refractivity contribution >= 4 is 22.9 Å². The lowest BCUT2D eigenvalue weighted by atomic mass is 10.1. The molecule has 0 bridgehead atoms. The Balaban J connectivity index is 1.53. The van der Waals surface area contributed by atoms with E-state index in [4.69, 9.17) is 4.42 Å². The molecular weight excluding hydrogens is 391 g/mol. The molecule has 3 heterocycles. The minimum Gasteiger partial charge on any atom is -0.442 e. The Morgan fingerprint density at radius 2 is 1.70 bits per heavy atom. The van der Waals surface area contributed by atoms with Crippen molar-refractivity contribution in [1.29, 1.82) is 0 Å². The zero-order valence-electron chi connectivity index (χ0n) is 16.9. The van der Waals surface area contributed by atoms with E-state index in [0.717, 1.165) is 0 Å². The lowest BCUT2D eigenvalue weighted by molar-refractivity contribution is 0.0535. The Morgan fingerprint density at radius 1 is 1.07 bits per heavy atom. The van der Waals surface area contributed by atoms with Gasteiger partial charge in [-0.25, -0.2) is 9.37 Å². The van der Waals surface area contributed by atoms with E-state index in [1.54, 1.807) is 42.8 Å². The molecule has 0 radical (unpaired) electrons. The summed E-state index contributed by atoms with van der Waals surface area (Å²) < 4.78 is 20.6. The van der Waals surface area contributed by atoms with Gasteiger partial charge in [0.05, 0.1) is 5.56 Å². The second-order valence-electron chi connectivity index (χ2n) is 7.42. The van der Waals surface area contributed by atoms with Crippen LogP contribution in [0.3, 0.4) is 0 Å². The third-order valence-corrected chi connectivity index (χ3v) is 5.43. The van der Waals surface area contributed by atoms with Gasteiger partial charge in [0.1, 0.15) is 23.3 Å². The predicted octanol–water partition coefficient (Wildman–Crippen LogP) is 1.88. The number of fused-ring (bicyclic) bond motifs is 1. The fraction of sp³-hybridized carbons (Fsp3) is 0.333. The van der Waals surface area contributed by atoms with E-state index in [9.17, 15) is 18.8 Å². The summed E-state index contributed by atoms with van der Waals surface area (Å²) >= 11 is 0. The molecule has 1 aliphatic heterocycles. The third kappa shape index (κ3) is 3.26. The number of aryl methyl sites for hydroxylation is 3. The van der Waals surface area contributed by atoms with Gasteiger partial charge in [-0.2, -0.15) is 0 Å². The molecule has 1 fully saturated rings. The lowest BCUT2D eigenvalue weighted by Gasteiger charge is -2.34. The van der Waals surface area contributed by atoms with E-state index in [2.05, 4.69) is 4.98 Å². The fourth-order valence-corrected chi connectivity index (χ4v) is 3.62. The number of carbonyl (C=O) groups is 2. The van der Waals surface area contributed by atoms with Crippen LogP contribution in [0.2, 0.25) is 0 Å². The zero-order chi connectivity index (χ0) is 21.6. The molecule has 0 spiro atoms. The van der Waals surface area contributed by atoms with E-state index >= 15 is 0 Å². The van der Waals surface area contributed by atoms with Gasteiger partial charge in [0.15, 0.2) is 0 Å². The summed E-state index contributed by atoms with van der Waals surface area (Å²) in [6.45, 7) is 4.48. The number of hydrogen-bond acceptors (Lipinski definition) is 5. The van der Waals surface area contributed by atoms with Gasteiger partial charge in [-0.05, 0) is 31.5 Å². The first-order valence-electron chi connectivity index (χ1n) is 9.57. The molecule has 1 aromatic carbocycles. The van der Waals surface area contributed by atoms with Crippen molar-refractivity contribution in [2.24, 2.45) is 7.05 Å². The number of hydrogen-bond donors (Lipinski definition) is 0. The Bertz CT molecular complexity index is 1220. The van der Waals surface area contributed by atoms with Crippen LogP contribution in [0.4, 0.5) is 4.39 Å². The topological polar surface area (TPSA) is 88.7 Å². The summed E-state index contributed by atoms with van der Waals surface area (Å²) in [5.74, 6) is -0.694. The van der Waals surface area contributed by atoms with Gasteiger partial charge in [0.25, 0.3) is 17.4 Å². The second-order valence-corrected chi connectivity index (χ2v) is 7.42. The Hall–Kier alpha value is -3.49. The van der Waals surface area contributed by atoms with Gasteiger partial charge in [-0.15, -0.1) is 0 Å². The number of rotatable bonds is 2. The van der Waals surface area contributed by atoms with Gasteiger partial charge in [-0.1, -0.05) is 6.07 Å². The van der Waals surface area contributed by atoms with E-state index in [-0.39, 0.29) is 39.6 Å². The van der Waals surface area contributed by atoms with Crippen LogP contribution in [0, 0.1) is 19.7 Å². The van der Waals surface area contributed by atoms with Crippen LogP contribution in [0.15, 0.2) is 33.7 Å². The number of nitrogens with zero attached hydrogens (tertiary/aromatic N) is 4. The molecule has 4 rings (SSSR count). The van der Waals surface area contributed by atoms with E-state index in [0.29, 0.717) is 37.5 Å². The maximum atomic E-state index is 13.8. The highest BCUT2D eigenvalue weighted by Gasteiger charge is 2.30. The molecule has 0 atom stereocenters. The van der Waals surface area contributed by atoms with Crippen LogP contribution in [0.1, 0.15) is 32.0 Å². The highest BCUT2D eigenvalue weighted by molar-refractivity contribution is 6.06. The van der Waals surface area contributed by atoms with Crippen molar-refractivity contribution < 1.29 is 18.4 Å². The van der Waals surface area contributed by atoms with Gasteiger partial charge >= 0.3 is 0 Å². The molecule has 9 heteroatoms. The molecule has 0 N–H and O–H groups in total. The van der Waals surface area contributed by atoms with Gasteiger partial charge in [0, 0.05) is 38.8 Å². The molecule has 8 nitrogen and oxygen atoms in total. The number of aromatic nitrogens is 2.